The van der Waals surface area contributed by atoms with Crippen molar-refractivity contribution in [2.45, 2.75) is 58.7 Å². The van der Waals surface area contributed by atoms with Crippen LogP contribution < -0.4 is 5.32 Å². The number of benzene rings is 1. The highest BCUT2D eigenvalue weighted by molar-refractivity contribution is 5.68. The lowest BCUT2D eigenvalue weighted by molar-refractivity contribution is 0.0164. The maximum absolute atomic E-state index is 12.2. The fraction of sp³-hybridized carbons (Fsp3) is 0.680. The molecule has 2 aliphatic rings. The van der Waals surface area contributed by atoms with E-state index in [0.29, 0.717) is 25.0 Å². The molecular formula is C25H39N3O4. The maximum atomic E-state index is 12.2. The van der Waals surface area contributed by atoms with Crippen LogP contribution in [0, 0.1) is 11.8 Å². The van der Waals surface area contributed by atoms with E-state index in [-0.39, 0.29) is 12.2 Å². The van der Waals surface area contributed by atoms with Crippen molar-refractivity contribution in [2.24, 2.45) is 11.8 Å². The van der Waals surface area contributed by atoms with E-state index in [2.05, 4.69) is 10.2 Å². The molecule has 0 atom stereocenters. The summed E-state index contributed by atoms with van der Waals surface area (Å²) in [7, 11) is 0. The van der Waals surface area contributed by atoms with Gasteiger partial charge in [0.2, 0.25) is 0 Å². The smallest absolute Gasteiger partial charge is 0.410 e. The molecule has 1 N–H and O–H groups in total. The fourth-order valence-corrected chi connectivity index (χ4v) is 4.36. The largest absolute Gasteiger partial charge is 0.445 e. The van der Waals surface area contributed by atoms with Gasteiger partial charge in [0.15, 0.2) is 0 Å². The monoisotopic (exact) mass is 445 g/mol. The number of nitrogens with one attached hydrogen (secondary N) is 1. The molecular weight excluding hydrogens is 406 g/mol. The molecule has 2 aliphatic heterocycles. The Morgan fingerprint density at radius 2 is 1.59 bits per heavy atom. The average molecular weight is 446 g/mol. The van der Waals surface area contributed by atoms with Gasteiger partial charge in [-0.1, -0.05) is 30.3 Å². The van der Waals surface area contributed by atoms with Gasteiger partial charge in [-0.25, -0.2) is 9.59 Å². The number of ether oxygens (including phenoxy) is 2. The second-order valence-electron chi connectivity index (χ2n) is 10.1. The second-order valence-corrected chi connectivity index (χ2v) is 10.1. The topological polar surface area (TPSA) is 71.1 Å². The van der Waals surface area contributed by atoms with E-state index in [4.69, 9.17) is 9.47 Å². The number of carbonyl (C=O) groups is 2. The summed E-state index contributed by atoms with van der Waals surface area (Å²) in [5.74, 6) is 1.14. The molecule has 0 bridgehead atoms. The van der Waals surface area contributed by atoms with Gasteiger partial charge < -0.3 is 24.6 Å². The number of rotatable bonds is 6. The van der Waals surface area contributed by atoms with Gasteiger partial charge in [-0.3, -0.25) is 0 Å². The lowest BCUT2D eigenvalue weighted by atomic mass is 9.93. The summed E-state index contributed by atoms with van der Waals surface area (Å²) in [6.07, 6.45) is 3.73. The van der Waals surface area contributed by atoms with E-state index < -0.39 is 5.60 Å². The molecule has 0 radical (unpaired) electrons. The van der Waals surface area contributed by atoms with Gasteiger partial charge in [-0.05, 0) is 76.9 Å². The van der Waals surface area contributed by atoms with Crippen molar-refractivity contribution in [3.63, 3.8) is 0 Å². The Morgan fingerprint density at radius 3 is 2.22 bits per heavy atom. The summed E-state index contributed by atoms with van der Waals surface area (Å²) in [5, 5.41) is 2.92. The van der Waals surface area contributed by atoms with Crippen LogP contribution in [-0.2, 0) is 16.1 Å². The highest BCUT2D eigenvalue weighted by atomic mass is 16.6. The molecule has 0 aromatic heterocycles. The number of hydrogen-bond acceptors (Lipinski definition) is 5. The minimum atomic E-state index is -0.439. The SMILES string of the molecule is CC(C)(C)OC(=O)N1CCC(CN2CCC(CNC(=O)OCc3ccccc3)CC2)CC1. The quantitative estimate of drug-likeness (QED) is 0.708. The molecule has 7 heteroatoms. The summed E-state index contributed by atoms with van der Waals surface area (Å²) in [4.78, 5) is 28.6. The van der Waals surface area contributed by atoms with Crippen LogP contribution >= 0.6 is 0 Å². The second kappa shape index (κ2) is 11.5. The van der Waals surface area contributed by atoms with Crippen molar-refractivity contribution in [1.82, 2.24) is 15.1 Å². The third kappa shape index (κ3) is 8.34. The normalized spacial score (nSPS) is 18.9. The predicted molar refractivity (Wildman–Crippen MR) is 124 cm³/mol. The van der Waals surface area contributed by atoms with Gasteiger partial charge in [0.1, 0.15) is 12.2 Å². The van der Waals surface area contributed by atoms with Crippen LogP contribution in [0.2, 0.25) is 0 Å². The molecule has 32 heavy (non-hydrogen) atoms. The molecule has 0 unspecified atom stereocenters. The van der Waals surface area contributed by atoms with Crippen molar-refractivity contribution in [2.75, 3.05) is 39.3 Å². The lowest BCUT2D eigenvalue weighted by Crippen LogP contribution is -2.45. The summed E-state index contributed by atoms with van der Waals surface area (Å²) < 4.78 is 10.8. The number of amides is 2. The van der Waals surface area contributed by atoms with Gasteiger partial charge in [0.25, 0.3) is 0 Å². The summed E-state index contributed by atoms with van der Waals surface area (Å²) >= 11 is 0. The van der Waals surface area contributed by atoms with Gasteiger partial charge in [0.05, 0.1) is 0 Å². The van der Waals surface area contributed by atoms with Gasteiger partial charge in [-0.15, -0.1) is 0 Å². The van der Waals surface area contributed by atoms with Gasteiger partial charge in [-0.2, -0.15) is 0 Å². The van der Waals surface area contributed by atoms with Crippen LogP contribution in [0.3, 0.4) is 0 Å². The summed E-state index contributed by atoms with van der Waals surface area (Å²) in [6, 6.07) is 9.72. The zero-order chi connectivity index (χ0) is 23.0. The summed E-state index contributed by atoms with van der Waals surface area (Å²) in [6.45, 7) is 11.5. The first-order valence-electron chi connectivity index (χ1n) is 11.9. The highest BCUT2D eigenvalue weighted by Gasteiger charge is 2.28. The van der Waals surface area contributed by atoms with E-state index in [1.165, 1.54) is 0 Å². The number of hydrogen-bond donors (Lipinski definition) is 1. The van der Waals surface area contributed by atoms with Crippen molar-refractivity contribution >= 4 is 12.2 Å². The van der Waals surface area contributed by atoms with E-state index in [0.717, 1.165) is 64.0 Å². The Hall–Kier alpha value is -2.28. The first-order chi connectivity index (χ1) is 15.3. The Morgan fingerprint density at radius 1 is 0.969 bits per heavy atom. The minimum Gasteiger partial charge on any atom is -0.445 e. The minimum absolute atomic E-state index is 0.188. The molecule has 0 spiro atoms. The van der Waals surface area contributed by atoms with Crippen LogP contribution in [-0.4, -0.2) is 66.9 Å². The molecule has 178 valence electrons. The number of carbonyl (C=O) groups excluding carboxylic acids is 2. The molecule has 2 heterocycles. The molecule has 1 aromatic rings. The average Bonchev–Trinajstić information content (AvgIpc) is 2.77. The van der Waals surface area contributed by atoms with E-state index in [1.54, 1.807) is 0 Å². The van der Waals surface area contributed by atoms with Crippen molar-refractivity contribution < 1.29 is 19.1 Å². The van der Waals surface area contributed by atoms with E-state index in [9.17, 15) is 9.59 Å². The van der Waals surface area contributed by atoms with Crippen LogP contribution in [0.25, 0.3) is 0 Å². The molecule has 3 rings (SSSR count). The zero-order valence-corrected chi connectivity index (χ0v) is 19.8. The Balaban J connectivity index is 1.27. The zero-order valence-electron chi connectivity index (χ0n) is 19.8. The van der Waals surface area contributed by atoms with Crippen LogP contribution in [0.5, 0.6) is 0 Å². The van der Waals surface area contributed by atoms with Crippen molar-refractivity contribution in [3.05, 3.63) is 35.9 Å². The number of piperidine rings is 2. The van der Waals surface area contributed by atoms with Crippen LogP contribution in [0.15, 0.2) is 30.3 Å². The number of alkyl carbamates (subject to hydrolysis) is 1. The third-order valence-electron chi connectivity index (χ3n) is 6.24. The molecule has 7 nitrogen and oxygen atoms in total. The van der Waals surface area contributed by atoms with Crippen molar-refractivity contribution in [3.8, 4) is 0 Å². The Labute approximate surface area is 192 Å². The fourth-order valence-electron chi connectivity index (χ4n) is 4.36. The maximum Gasteiger partial charge on any atom is 0.410 e. The Kier molecular flexibility index (Phi) is 8.79. The highest BCUT2D eigenvalue weighted by Crippen LogP contribution is 2.23. The molecule has 0 saturated carbocycles. The third-order valence-corrected chi connectivity index (χ3v) is 6.24. The number of nitrogens with zero attached hydrogens (tertiary/aromatic N) is 2. The van der Waals surface area contributed by atoms with Crippen molar-refractivity contribution in [1.29, 1.82) is 0 Å². The standard InChI is InChI=1S/C25H39N3O4/c1-25(2,3)32-24(30)28-15-11-21(12-16-28)18-27-13-9-20(10-14-27)17-26-23(29)31-19-22-7-5-4-6-8-22/h4-8,20-21H,9-19H2,1-3H3,(H,26,29). The predicted octanol–water partition coefficient (Wildman–Crippen LogP) is 4.27. The molecule has 0 aliphatic carbocycles. The van der Waals surface area contributed by atoms with Crippen LogP contribution in [0.4, 0.5) is 9.59 Å². The Bertz CT molecular complexity index is 718. The molecule has 2 amide bonds. The van der Waals surface area contributed by atoms with Gasteiger partial charge >= 0.3 is 12.2 Å². The lowest BCUT2D eigenvalue weighted by Gasteiger charge is -2.38. The summed E-state index contributed by atoms with van der Waals surface area (Å²) in [5.41, 5.74) is 0.555. The number of likely N-dealkylation sites (tertiary alicyclic amines) is 2. The molecule has 1 aromatic carbocycles. The van der Waals surface area contributed by atoms with Crippen LogP contribution in [0.1, 0.15) is 52.0 Å². The first-order valence-corrected chi connectivity index (χ1v) is 11.9. The van der Waals surface area contributed by atoms with Gasteiger partial charge in [0, 0.05) is 26.2 Å². The van der Waals surface area contributed by atoms with E-state index in [1.807, 2.05) is 56.0 Å². The molecule has 2 fully saturated rings. The molecule has 2 saturated heterocycles. The van der Waals surface area contributed by atoms with E-state index >= 15 is 0 Å². The first kappa shape index (κ1) is 24.4.